The maximum atomic E-state index is 12.7. The molecule has 0 saturated carbocycles. The van der Waals surface area contributed by atoms with E-state index < -0.39 is 10.0 Å². The largest absolute Gasteiger partial charge is 0.360 e. The summed E-state index contributed by atoms with van der Waals surface area (Å²) in [4.78, 5) is 13.1. The molecule has 0 aliphatic carbocycles. The summed E-state index contributed by atoms with van der Waals surface area (Å²) < 4.78 is 31.4. The minimum atomic E-state index is -3.82. The van der Waals surface area contributed by atoms with Gasteiger partial charge >= 0.3 is 0 Å². The first-order valence-corrected chi connectivity index (χ1v) is 9.40. The first kappa shape index (κ1) is 17.6. The maximum absolute atomic E-state index is 12.7. The molecule has 0 unspecified atom stereocenters. The molecule has 2 aromatic rings. The van der Waals surface area contributed by atoms with Crippen molar-refractivity contribution in [3.8, 4) is 0 Å². The number of hydrogen-bond donors (Lipinski definition) is 1. The minimum absolute atomic E-state index is 0.0328. The second kappa shape index (κ2) is 7.24. The highest BCUT2D eigenvalue weighted by molar-refractivity contribution is 7.89. The van der Waals surface area contributed by atoms with Gasteiger partial charge in [0.05, 0.1) is 13.1 Å². The van der Waals surface area contributed by atoms with Gasteiger partial charge in [-0.1, -0.05) is 18.1 Å². The number of nitrogens with one attached hydrogen (secondary N) is 1. The zero-order valence-corrected chi connectivity index (χ0v) is 14.8. The lowest BCUT2D eigenvalue weighted by atomic mass is 10.4. The Morgan fingerprint density at radius 1 is 1.43 bits per heavy atom. The predicted molar refractivity (Wildman–Crippen MR) is 86.6 cm³/mol. The summed E-state index contributed by atoms with van der Waals surface area (Å²) in [6, 6.07) is 3.80. The van der Waals surface area contributed by atoms with Crippen LogP contribution in [0.1, 0.15) is 23.3 Å². The third-order valence-corrected chi connectivity index (χ3v) is 6.32. The summed E-state index contributed by atoms with van der Waals surface area (Å²) in [6.07, 6.45) is 0. The molecule has 2 rings (SSSR count). The van der Waals surface area contributed by atoms with Crippen molar-refractivity contribution in [2.75, 3.05) is 13.1 Å². The molecule has 1 amide bonds. The van der Waals surface area contributed by atoms with Gasteiger partial charge in [-0.2, -0.15) is 4.31 Å². The van der Waals surface area contributed by atoms with Crippen LogP contribution in [0.4, 0.5) is 0 Å². The number of thiophene rings is 1. The number of nitrogens with zero attached hydrogens (tertiary/aromatic N) is 2. The van der Waals surface area contributed by atoms with Crippen LogP contribution in [0.15, 0.2) is 26.9 Å². The van der Waals surface area contributed by atoms with E-state index >= 15 is 0 Å². The maximum Gasteiger partial charge on any atom is 0.248 e. The van der Waals surface area contributed by atoms with Crippen molar-refractivity contribution in [2.45, 2.75) is 32.2 Å². The van der Waals surface area contributed by atoms with E-state index in [0.717, 1.165) is 9.18 Å². The molecule has 0 aliphatic heterocycles. The van der Waals surface area contributed by atoms with Crippen LogP contribution < -0.4 is 5.32 Å². The molecule has 9 heteroatoms. The molecule has 126 valence electrons. The van der Waals surface area contributed by atoms with E-state index in [1.165, 1.54) is 18.3 Å². The predicted octanol–water partition coefficient (Wildman–Crippen LogP) is 1.68. The minimum Gasteiger partial charge on any atom is -0.360 e. The van der Waals surface area contributed by atoms with E-state index in [1.807, 2.05) is 17.5 Å². The molecule has 0 atom stereocenters. The van der Waals surface area contributed by atoms with Crippen molar-refractivity contribution in [1.82, 2.24) is 14.8 Å². The molecule has 0 spiro atoms. The second-order valence-corrected chi connectivity index (χ2v) is 7.85. The molecule has 0 aliphatic rings. The summed E-state index contributed by atoms with van der Waals surface area (Å²) >= 11 is 1.53. The molecular formula is C14H19N3O4S2. The number of carbonyl (C=O) groups excluding carboxylic acids is 1. The van der Waals surface area contributed by atoms with Gasteiger partial charge in [-0.15, -0.1) is 11.3 Å². The van der Waals surface area contributed by atoms with Crippen molar-refractivity contribution in [3.63, 3.8) is 0 Å². The fraction of sp³-hybridized carbons (Fsp3) is 0.429. The molecule has 23 heavy (non-hydrogen) atoms. The van der Waals surface area contributed by atoms with Crippen LogP contribution >= 0.6 is 11.3 Å². The average molecular weight is 357 g/mol. The summed E-state index contributed by atoms with van der Waals surface area (Å²) in [6.45, 7) is 5.11. The molecule has 0 fully saturated rings. The van der Waals surface area contributed by atoms with E-state index in [-0.39, 0.29) is 29.7 Å². The highest BCUT2D eigenvalue weighted by atomic mass is 32.2. The second-order valence-electron chi connectivity index (χ2n) is 4.94. The zero-order chi connectivity index (χ0) is 17.0. The third-order valence-electron chi connectivity index (χ3n) is 3.28. The van der Waals surface area contributed by atoms with Crippen LogP contribution in [0.25, 0.3) is 0 Å². The van der Waals surface area contributed by atoms with Gasteiger partial charge in [-0.05, 0) is 25.3 Å². The lowest BCUT2D eigenvalue weighted by molar-refractivity contribution is -0.121. The topological polar surface area (TPSA) is 92.5 Å². The molecule has 7 nitrogen and oxygen atoms in total. The highest BCUT2D eigenvalue weighted by Gasteiger charge is 2.31. The summed E-state index contributed by atoms with van der Waals surface area (Å²) in [5, 5.41) is 8.31. The Labute approximate surface area is 139 Å². The fourth-order valence-corrected chi connectivity index (χ4v) is 4.49. The lowest BCUT2D eigenvalue weighted by Gasteiger charge is -2.19. The zero-order valence-electron chi connectivity index (χ0n) is 13.2. The highest BCUT2D eigenvalue weighted by Crippen LogP contribution is 2.22. The molecule has 0 bridgehead atoms. The van der Waals surface area contributed by atoms with E-state index in [4.69, 9.17) is 4.52 Å². The van der Waals surface area contributed by atoms with Crippen molar-refractivity contribution in [1.29, 1.82) is 0 Å². The summed E-state index contributed by atoms with van der Waals surface area (Å²) in [5.74, 6) is -0.129. The quantitative estimate of drug-likeness (QED) is 0.814. The molecule has 2 aromatic heterocycles. The van der Waals surface area contributed by atoms with Crippen LogP contribution in [0, 0.1) is 13.8 Å². The molecular weight excluding hydrogens is 338 g/mol. The van der Waals surface area contributed by atoms with Crippen LogP contribution in [-0.4, -0.2) is 36.9 Å². The van der Waals surface area contributed by atoms with Crippen molar-refractivity contribution >= 4 is 27.3 Å². The third kappa shape index (κ3) is 3.98. The van der Waals surface area contributed by atoms with Crippen molar-refractivity contribution < 1.29 is 17.7 Å². The van der Waals surface area contributed by atoms with Gasteiger partial charge in [-0.3, -0.25) is 4.79 Å². The van der Waals surface area contributed by atoms with Crippen LogP contribution in [0.5, 0.6) is 0 Å². The van der Waals surface area contributed by atoms with Gasteiger partial charge in [0.25, 0.3) is 0 Å². The number of likely N-dealkylation sites (N-methyl/N-ethyl adjacent to an activating group) is 1. The van der Waals surface area contributed by atoms with Gasteiger partial charge in [0.1, 0.15) is 10.6 Å². The van der Waals surface area contributed by atoms with Crippen molar-refractivity contribution in [2.24, 2.45) is 0 Å². The van der Waals surface area contributed by atoms with E-state index in [0.29, 0.717) is 12.2 Å². The number of aryl methyl sites for hydroxylation is 2. The number of rotatable bonds is 7. The Morgan fingerprint density at radius 2 is 2.17 bits per heavy atom. The van der Waals surface area contributed by atoms with Gasteiger partial charge in [0.2, 0.25) is 15.9 Å². The number of aromatic nitrogens is 1. The molecule has 0 radical (unpaired) electrons. The van der Waals surface area contributed by atoms with E-state index in [2.05, 4.69) is 10.5 Å². The molecule has 0 aromatic carbocycles. The molecule has 0 saturated heterocycles. The smallest absolute Gasteiger partial charge is 0.248 e. The number of hydrogen-bond acceptors (Lipinski definition) is 6. The Morgan fingerprint density at radius 3 is 2.70 bits per heavy atom. The SMILES string of the molecule is CCN(CC(=O)NCc1cccs1)S(=O)(=O)c1c(C)noc1C. The fourth-order valence-electron chi connectivity index (χ4n) is 2.15. The number of carbonyl (C=O) groups is 1. The number of amides is 1. The van der Waals surface area contributed by atoms with Crippen LogP contribution in [0.3, 0.4) is 0 Å². The Kier molecular flexibility index (Phi) is 5.55. The average Bonchev–Trinajstić information content (AvgIpc) is 3.12. The van der Waals surface area contributed by atoms with Gasteiger partial charge < -0.3 is 9.84 Å². The van der Waals surface area contributed by atoms with E-state index in [9.17, 15) is 13.2 Å². The van der Waals surface area contributed by atoms with Crippen molar-refractivity contribution in [3.05, 3.63) is 33.8 Å². The standard InChI is InChI=1S/C14H19N3O4S2/c1-4-17(9-13(18)15-8-12-6-5-7-22-12)23(19,20)14-10(2)16-21-11(14)3/h5-7H,4,8-9H2,1-3H3,(H,15,18). The van der Waals surface area contributed by atoms with Crippen LogP contribution in [-0.2, 0) is 21.4 Å². The molecule has 2 heterocycles. The number of sulfonamides is 1. The van der Waals surface area contributed by atoms with Crippen LogP contribution in [0.2, 0.25) is 0 Å². The van der Waals surface area contributed by atoms with E-state index in [1.54, 1.807) is 13.8 Å². The van der Waals surface area contributed by atoms with Gasteiger partial charge in [0, 0.05) is 11.4 Å². The molecule has 1 N–H and O–H groups in total. The first-order chi connectivity index (χ1) is 10.9. The lowest BCUT2D eigenvalue weighted by Crippen LogP contribution is -2.40. The first-order valence-electron chi connectivity index (χ1n) is 7.08. The summed E-state index contributed by atoms with van der Waals surface area (Å²) in [7, 11) is -3.82. The van der Waals surface area contributed by atoms with Gasteiger partial charge in [0.15, 0.2) is 5.76 Å². The summed E-state index contributed by atoms with van der Waals surface area (Å²) in [5.41, 5.74) is 0.292. The monoisotopic (exact) mass is 357 g/mol. The Bertz CT molecular complexity index is 747. The normalized spacial score (nSPS) is 11.8. The van der Waals surface area contributed by atoms with Gasteiger partial charge in [-0.25, -0.2) is 8.42 Å². The Balaban J connectivity index is 2.08. The Hall–Kier alpha value is -1.71.